The summed E-state index contributed by atoms with van der Waals surface area (Å²) >= 11 is 0. The molecule has 7 heteroatoms. The lowest BCUT2D eigenvalue weighted by molar-refractivity contribution is 0.102. The molecular weight excluding hydrogens is 358 g/mol. The Bertz CT molecular complexity index is 1010. The van der Waals surface area contributed by atoms with Gasteiger partial charge < -0.3 is 24.8 Å². The fraction of sp³-hybridized carbons (Fsp3) is 0.143. The molecule has 0 fully saturated rings. The fourth-order valence-corrected chi connectivity index (χ4v) is 2.85. The summed E-state index contributed by atoms with van der Waals surface area (Å²) in [4.78, 5) is 16.8. The van der Waals surface area contributed by atoms with Gasteiger partial charge in [0.1, 0.15) is 24.7 Å². The summed E-state index contributed by atoms with van der Waals surface area (Å²) in [6.07, 6.45) is 1.58. The second-order valence-corrected chi connectivity index (χ2v) is 6.07. The predicted molar refractivity (Wildman–Crippen MR) is 106 cm³/mol. The Kier molecular flexibility index (Phi) is 4.97. The Balaban J connectivity index is 1.50. The first kappa shape index (κ1) is 17.7. The van der Waals surface area contributed by atoms with Crippen LogP contribution in [0.5, 0.6) is 17.2 Å². The summed E-state index contributed by atoms with van der Waals surface area (Å²) in [7, 11) is 1.56. The molecule has 0 radical (unpaired) electrons. The number of methoxy groups -OCH3 is 1. The lowest BCUT2D eigenvalue weighted by Crippen LogP contribution is -2.15. The summed E-state index contributed by atoms with van der Waals surface area (Å²) < 4.78 is 16.4. The van der Waals surface area contributed by atoms with Crippen molar-refractivity contribution in [1.82, 2.24) is 4.98 Å². The molecule has 0 saturated heterocycles. The van der Waals surface area contributed by atoms with Crippen molar-refractivity contribution < 1.29 is 19.0 Å². The molecular formula is C21H19N3O4. The van der Waals surface area contributed by atoms with Crippen molar-refractivity contribution in [3.8, 4) is 17.2 Å². The number of pyridine rings is 1. The van der Waals surface area contributed by atoms with Gasteiger partial charge in [-0.2, -0.15) is 0 Å². The van der Waals surface area contributed by atoms with Crippen molar-refractivity contribution in [1.29, 1.82) is 0 Å². The molecule has 2 aromatic carbocycles. The van der Waals surface area contributed by atoms with E-state index >= 15 is 0 Å². The van der Waals surface area contributed by atoms with Gasteiger partial charge in [-0.25, -0.2) is 0 Å². The van der Waals surface area contributed by atoms with E-state index < -0.39 is 0 Å². The van der Waals surface area contributed by atoms with Crippen LogP contribution in [0.15, 0.2) is 60.8 Å². The highest BCUT2D eigenvalue weighted by atomic mass is 16.6. The van der Waals surface area contributed by atoms with E-state index in [1.54, 1.807) is 37.6 Å². The predicted octanol–water partition coefficient (Wildman–Crippen LogP) is 3.86. The molecule has 1 aromatic heterocycles. The number of nitrogens with zero attached hydrogens (tertiary/aromatic N) is 1. The molecule has 3 aromatic rings. The van der Waals surface area contributed by atoms with Gasteiger partial charge in [-0.05, 0) is 36.4 Å². The third-order valence-electron chi connectivity index (χ3n) is 4.18. The molecule has 2 N–H and O–H groups in total. The van der Waals surface area contributed by atoms with E-state index in [1.807, 2.05) is 30.3 Å². The number of hydrogen-bond acceptors (Lipinski definition) is 6. The van der Waals surface area contributed by atoms with Crippen LogP contribution in [0.1, 0.15) is 10.5 Å². The largest absolute Gasteiger partial charge is 0.495 e. The number of carbonyl (C=O) groups excluding carboxylic acids is 1. The third-order valence-corrected chi connectivity index (χ3v) is 4.18. The molecule has 1 aliphatic heterocycles. The van der Waals surface area contributed by atoms with E-state index in [9.17, 15) is 4.79 Å². The van der Waals surface area contributed by atoms with E-state index in [-0.39, 0.29) is 11.6 Å². The summed E-state index contributed by atoms with van der Waals surface area (Å²) in [6, 6.07) is 16.3. The van der Waals surface area contributed by atoms with Crippen LogP contribution in [0.3, 0.4) is 0 Å². The first-order chi connectivity index (χ1) is 13.7. The van der Waals surface area contributed by atoms with Gasteiger partial charge in [0.2, 0.25) is 0 Å². The van der Waals surface area contributed by atoms with Crippen LogP contribution >= 0.6 is 0 Å². The average molecular weight is 377 g/mol. The van der Waals surface area contributed by atoms with Crippen molar-refractivity contribution in [3.05, 3.63) is 66.5 Å². The monoisotopic (exact) mass is 377 g/mol. The van der Waals surface area contributed by atoms with Gasteiger partial charge in [0.15, 0.2) is 11.5 Å². The number of aromatic nitrogens is 1. The molecule has 0 bridgehead atoms. The van der Waals surface area contributed by atoms with Crippen LogP contribution < -0.4 is 24.8 Å². The summed E-state index contributed by atoms with van der Waals surface area (Å²) in [5.74, 6) is 1.68. The Morgan fingerprint density at radius 2 is 1.79 bits per heavy atom. The quantitative estimate of drug-likeness (QED) is 0.703. The van der Waals surface area contributed by atoms with E-state index in [1.165, 1.54) is 0 Å². The Morgan fingerprint density at radius 1 is 1.00 bits per heavy atom. The summed E-state index contributed by atoms with van der Waals surface area (Å²) in [5.41, 5.74) is 2.43. The van der Waals surface area contributed by atoms with E-state index in [4.69, 9.17) is 14.2 Å². The molecule has 4 rings (SSSR count). The molecule has 28 heavy (non-hydrogen) atoms. The van der Waals surface area contributed by atoms with Gasteiger partial charge in [0.05, 0.1) is 12.8 Å². The molecule has 1 amide bonds. The van der Waals surface area contributed by atoms with Gasteiger partial charge in [-0.15, -0.1) is 0 Å². The maximum absolute atomic E-state index is 12.6. The number of rotatable bonds is 5. The van der Waals surface area contributed by atoms with Crippen LogP contribution in [-0.2, 0) is 0 Å². The maximum atomic E-state index is 12.6. The Labute approximate surface area is 162 Å². The zero-order valence-electron chi connectivity index (χ0n) is 15.3. The van der Waals surface area contributed by atoms with Crippen molar-refractivity contribution in [2.24, 2.45) is 0 Å². The van der Waals surface area contributed by atoms with E-state index in [0.717, 1.165) is 17.1 Å². The number of ether oxygens (including phenoxy) is 3. The van der Waals surface area contributed by atoms with Crippen LogP contribution in [0, 0.1) is 0 Å². The SMILES string of the molecule is COc1ccccc1NC(=O)c1cc(Nc2ccc3c(c2)OCCO3)ccn1. The fourth-order valence-electron chi connectivity index (χ4n) is 2.85. The molecule has 0 saturated carbocycles. The van der Waals surface area contributed by atoms with Gasteiger partial charge in [-0.1, -0.05) is 12.1 Å². The van der Waals surface area contributed by atoms with Crippen LogP contribution in [0.25, 0.3) is 0 Å². The van der Waals surface area contributed by atoms with Gasteiger partial charge in [-0.3, -0.25) is 9.78 Å². The van der Waals surface area contributed by atoms with Crippen LogP contribution in [0.2, 0.25) is 0 Å². The minimum absolute atomic E-state index is 0.286. The standard InChI is InChI=1S/C21H19N3O4/c1-26-18-5-3-2-4-16(18)24-21(25)17-12-15(8-9-22-17)23-14-6-7-19-20(13-14)28-11-10-27-19/h2-9,12-13H,10-11H2,1H3,(H,22,23)(H,24,25). The number of fused-ring (bicyclic) bond motifs is 1. The smallest absolute Gasteiger partial charge is 0.274 e. The first-order valence-electron chi connectivity index (χ1n) is 8.80. The number of anilines is 3. The molecule has 0 unspecified atom stereocenters. The van der Waals surface area contributed by atoms with Gasteiger partial charge in [0, 0.05) is 23.6 Å². The maximum Gasteiger partial charge on any atom is 0.274 e. The topological polar surface area (TPSA) is 81.7 Å². The number of benzene rings is 2. The van der Waals surface area contributed by atoms with Crippen molar-refractivity contribution >= 4 is 23.0 Å². The van der Waals surface area contributed by atoms with E-state index in [2.05, 4.69) is 15.6 Å². The van der Waals surface area contributed by atoms with Crippen molar-refractivity contribution in [2.45, 2.75) is 0 Å². The molecule has 0 atom stereocenters. The second kappa shape index (κ2) is 7.87. The van der Waals surface area contributed by atoms with Gasteiger partial charge in [0.25, 0.3) is 5.91 Å². The van der Waals surface area contributed by atoms with Crippen molar-refractivity contribution in [2.75, 3.05) is 31.0 Å². The zero-order chi connectivity index (χ0) is 19.3. The van der Waals surface area contributed by atoms with Gasteiger partial charge >= 0.3 is 0 Å². The Morgan fingerprint density at radius 3 is 2.64 bits per heavy atom. The minimum Gasteiger partial charge on any atom is -0.495 e. The summed E-state index contributed by atoms with van der Waals surface area (Å²) in [5, 5.41) is 6.07. The number of hydrogen-bond donors (Lipinski definition) is 2. The number of carbonyl (C=O) groups is 1. The lowest BCUT2D eigenvalue weighted by atomic mass is 10.2. The molecule has 2 heterocycles. The van der Waals surface area contributed by atoms with Crippen LogP contribution in [0.4, 0.5) is 17.1 Å². The molecule has 0 aliphatic carbocycles. The lowest BCUT2D eigenvalue weighted by Gasteiger charge is -2.19. The highest BCUT2D eigenvalue weighted by Crippen LogP contribution is 2.33. The molecule has 0 spiro atoms. The zero-order valence-corrected chi connectivity index (χ0v) is 15.3. The highest BCUT2D eigenvalue weighted by molar-refractivity contribution is 6.04. The summed E-state index contributed by atoms with van der Waals surface area (Å²) in [6.45, 7) is 1.08. The van der Waals surface area contributed by atoms with Crippen molar-refractivity contribution in [3.63, 3.8) is 0 Å². The number of para-hydroxylation sites is 2. The van der Waals surface area contributed by atoms with E-state index in [0.29, 0.717) is 30.4 Å². The number of nitrogens with one attached hydrogen (secondary N) is 2. The molecule has 1 aliphatic rings. The second-order valence-electron chi connectivity index (χ2n) is 6.07. The third kappa shape index (κ3) is 3.83. The first-order valence-corrected chi connectivity index (χ1v) is 8.80. The van der Waals surface area contributed by atoms with Crippen LogP contribution in [-0.4, -0.2) is 31.2 Å². The normalized spacial score (nSPS) is 12.2. The minimum atomic E-state index is -0.324. The average Bonchev–Trinajstić information content (AvgIpc) is 2.74. The highest BCUT2D eigenvalue weighted by Gasteiger charge is 2.13. The number of amides is 1. The molecule has 7 nitrogen and oxygen atoms in total. The molecule has 142 valence electrons. The Hall–Kier alpha value is -3.74.